The predicted octanol–water partition coefficient (Wildman–Crippen LogP) is 3.16. The van der Waals surface area contributed by atoms with Crippen LogP contribution < -0.4 is 0 Å². The predicted molar refractivity (Wildman–Crippen MR) is 46.7 cm³/mol. The lowest BCUT2D eigenvalue weighted by atomic mass is 10.2. The summed E-state index contributed by atoms with van der Waals surface area (Å²) < 4.78 is 25.5. The highest BCUT2D eigenvalue weighted by Crippen LogP contribution is 2.21. The lowest BCUT2D eigenvalue weighted by molar-refractivity contribution is 0.507. The molecule has 0 saturated heterocycles. The molecular formula is C7H5BrF2S. The first-order chi connectivity index (χ1) is 5.15. The van der Waals surface area contributed by atoms with E-state index < -0.39 is 11.6 Å². The molecule has 0 aromatic heterocycles. The minimum Gasteiger partial charge on any atom is -0.204 e. The smallest absolute Gasteiger partial charge is 0.159 e. The molecule has 0 aliphatic carbocycles. The molecular weight excluding hydrogens is 234 g/mol. The Labute approximate surface area is 77.2 Å². The van der Waals surface area contributed by atoms with Crippen LogP contribution in [0.1, 0.15) is 5.56 Å². The number of thiol groups is 1. The van der Waals surface area contributed by atoms with Gasteiger partial charge in [-0.3, -0.25) is 0 Å². The standard InChI is InChI=1S/C7H5BrF2S/c8-5-2-7(10)6(9)1-4(5)3-11/h1-2,11H,3H2. The Morgan fingerprint density at radius 1 is 1.27 bits per heavy atom. The fraction of sp³-hybridized carbons (Fsp3) is 0.143. The molecule has 0 nitrogen and oxygen atoms in total. The van der Waals surface area contributed by atoms with Gasteiger partial charge in [0.05, 0.1) is 0 Å². The second-order valence-electron chi connectivity index (χ2n) is 2.02. The summed E-state index contributed by atoms with van der Waals surface area (Å²) >= 11 is 7.03. The van der Waals surface area contributed by atoms with Crippen molar-refractivity contribution in [3.05, 3.63) is 33.8 Å². The second kappa shape index (κ2) is 3.54. The van der Waals surface area contributed by atoms with Crippen molar-refractivity contribution in [1.29, 1.82) is 0 Å². The molecule has 0 atom stereocenters. The van der Waals surface area contributed by atoms with Crippen molar-refractivity contribution in [2.45, 2.75) is 5.75 Å². The van der Waals surface area contributed by atoms with E-state index in [1.807, 2.05) is 0 Å². The first-order valence-corrected chi connectivity index (χ1v) is 4.32. The number of halogens is 3. The van der Waals surface area contributed by atoms with Crippen molar-refractivity contribution >= 4 is 28.6 Å². The molecule has 1 rings (SSSR count). The molecule has 0 N–H and O–H groups in total. The van der Waals surface area contributed by atoms with E-state index in [0.717, 1.165) is 12.1 Å². The summed E-state index contributed by atoms with van der Waals surface area (Å²) in [7, 11) is 0. The minimum atomic E-state index is -0.845. The average molecular weight is 239 g/mol. The molecule has 0 unspecified atom stereocenters. The molecule has 0 fully saturated rings. The lowest BCUT2D eigenvalue weighted by Gasteiger charge is -2.00. The van der Waals surface area contributed by atoms with Crippen LogP contribution in [0.15, 0.2) is 16.6 Å². The Kier molecular flexibility index (Phi) is 2.90. The largest absolute Gasteiger partial charge is 0.204 e. The molecule has 0 spiro atoms. The van der Waals surface area contributed by atoms with Crippen LogP contribution in [0.25, 0.3) is 0 Å². The lowest BCUT2D eigenvalue weighted by Crippen LogP contribution is -1.88. The maximum atomic E-state index is 12.5. The summed E-state index contributed by atoms with van der Waals surface area (Å²) in [5.41, 5.74) is 0.646. The highest BCUT2D eigenvalue weighted by molar-refractivity contribution is 9.10. The topological polar surface area (TPSA) is 0 Å². The summed E-state index contributed by atoms with van der Waals surface area (Å²) in [6.45, 7) is 0. The number of hydrogen-bond acceptors (Lipinski definition) is 1. The van der Waals surface area contributed by atoms with Crippen LogP contribution in [0.5, 0.6) is 0 Å². The van der Waals surface area contributed by atoms with Crippen molar-refractivity contribution in [2.24, 2.45) is 0 Å². The average Bonchev–Trinajstić information content (AvgIpc) is 1.97. The van der Waals surface area contributed by atoms with Crippen LogP contribution in [-0.4, -0.2) is 0 Å². The number of benzene rings is 1. The Morgan fingerprint density at radius 2 is 1.82 bits per heavy atom. The SMILES string of the molecule is Fc1cc(Br)c(CS)cc1F. The highest BCUT2D eigenvalue weighted by atomic mass is 79.9. The maximum absolute atomic E-state index is 12.5. The summed E-state index contributed by atoms with van der Waals surface area (Å²) in [4.78, 5) is 0. The van der Waals surface area contributed by atoms with Crippen molar-refractivity contribution < 1.29 is 8.78 Å². The molecule has 0 aliphatic rings. The van der Waals surface area contributed by atoms with Gasteiger partial charge < -0.3 is 0 Å². The van der Waals surface area contributed by atoms with Gasteiger partial charge in [0, 0.05) is 10.2 Å². The van der Waals surface area contributed by atoms with Crippen molar-refractivity contribution in [3.63, 3.8) is 0 Å². The van der Waals surface area contributed by atoms with Crippen LogP contribution >= 0.6 is 28.6 Å². The quantitative estimate of drug-likeness (QED) is 0.564. The van der Waals surface area contributed by atoms with Gasteiger partial charge in [-0.15, -0.1) is 0 Å². The zero-order valence-corrected chi connectivity index (χ0v) is 7.92. The van der Waals surface area contributed by atoms with E-state index in [1.165, 1.54) is 0 Å². The van der Waals surface area contributed by atoms with Crippen LogP contribution in [0.3, 0.4) is 0 Å². The fourth-order valence-corrected chi connectivity index (χ4v) is 1.62. The van der Waals surface area contributed by atoms with Crippen molar-refractivity contribution in [2.75, 3.05) is 0 Å². The van der Waals surface area contributed by atoms with Gasteiger partial charge >= 0.3 is 0 Å². The normalized spacial score (nSPS) is 10.2. The van der Waals surface area contributed by atoms with Crippen LogP contribution in [0, 0.1) is 11.6 Å². The summed E-state index contributed by atoms with van der Waals surface area (Å²) in [5.74, 6) is -1.29. The van der Waals surface area contributed by atoms with Gasteiger partial charge in [-0.2, -0.15) is 12.6 Å². The van der Waals surface area contributed by atoms with Gasteiger partial charge in [0.2, 0.25) is 0 Å². The summed E-state index contributed by atoms with van der Waals surface area (Å²) in [6, 6.07) is 2.23. The molecule has 0 amide bonds. The van der Waals surface area contributed by atoms with Crippen LogP contribution in [0.4, 0.5) is 8.78 Å². The first-order valence-electron chi connectivity index (χ1n) is 2.89. The molecule has 1 aromatic carbocycles. The monoisotopic (exact) mass is 238 g/mol. The van der Waals surface area contributed by atoms with E-state index in [-0.39, 0.29) is 0 Å². The Hall–Kier alpha value is -0.0900. The number of rotatable bonds is 1. The second-order valence-corrected chi connectivity index (χ2v) is 3.19. The van der Waals surface area contributed by atoms with E-state index in [4.69, 9.17) is 0 Å². The molecule has 0 bridgehead atoms. The van der Waals surface area contributed by atoms with E-state index in [9.17, 15) is 8.78 Å². The zero-order valence-electron chi connectivity index (χ0n) is 5.44. The molecule has 0 aliphatic heterocycles. The molecule has 1 aromatic rings. The molecule has 0 saturated carbocycles. The third kappa shape index (κ3) is 1.93. The minimum absolute atomic E-state index is 0.387. The molecule has 0 heterocycles. The molecule has 4 heteroatoms. The van der Waals surface area contributed by atoms with Crippen LogP contribution in [0.2, 0.25) is 0 Å². The van der Waals surface area contributed by atoms with E-state index in [0.29, 0.717) is 15.8 Å². The highest BCUT2D eigenvalue weighted by Gasteiger charge is 2.05. The third-order valence-corrected chi connectivity index (χ3v) is 2.34. The zero-order chi connectivity index (χ0) is 8.43. The van der Waals surface area contributed by atoms with E-state index in [1.54, 1.807) is 0 Å². The third-order valence-electron chi connectivity index (χ3n) is 1.26. The van der Waals surface area contributed by atoms with Gasteiger partial charge in [0.25, 0.3) is 0 Å². The van der Waals surface area contributed by atoms with Crippen molar-refractivity contribution in [1.82, 2.24) is 0 Å². The Bertz CT molecular complexity index is 275. The van der Waals surface area contributed by atoms with Gasteiger partial charge in [-0.05, 0) is 17.7 Å². The van der Waals surface area contributed by atoms with Gasteiger partial charge in [0.15, 0.2) is 11.6 Å². The van der Waals surface area contributed by atoms with Crippen molar-refractivity contribution in [3.8, 4) is 0 Å². The number of hydrogen-bond donors (Lipinski definition) is 1. The molecule has 60 valence electrons. The Morgan fingerprint density at radius 3 is 2.36 bits per heavy atom. The van der Waals surface area contributed by atoms with Gasteiger partial charge in [0.1, 0.15) is 0 Å². The fourth-order valence-electron chi connectivity index (χ4n) is 0.685. The van der Waals surface area contributed by atoms with E-state index >= 15 is 0 Å². The molecule has 0 radical (unpaired) electrons. The maximum Gasteiger partial charge on any atom is 0.159 e. The Balaban J connectivity index is 3.21. The summed E-state index contributed by atoms with van der Waals surface area (Å²) in [5, 5.41) is 0. The van der Waals surface area contributed by atoms with E-state index in [2.05, 4.69) is 28.6 Å². The molecule has 11 heavy (non-hydrogen) atoms. The first kappa shape index (κ1) is 9.00. The van der Waals surface area contributed by atoms with Gasteiger partial charge in [-0.25, -0.2) is 8.78 Å². The van der Waals surface area contributed by atoms with Gasteiger partial charge in [-0.1, -0.05) is 15.9 Å². The van der Waals surface area contributed by atoms with Crippen LogP contribution in [-0.2, 0) is 5.75 Å². The summed E-state index contributed by atoms with van der Waals surface area (Å²) in [6.07, 6.45) is 0.